The van der Waals surface area contributed by atoms with Gasteiger partial charge in [0.05, 0.1) is 18.8 Å². The Morgan fingerprint density at radius 2 is 2.00 bits per heavy atom. The van der Waals surface area contributed by atoms with Crippen molar-refractivity contribution >= 4 is 11.3 Å². The molecule has 0 bridgehead atoms. The number of ether oxygens (including phenoxy) is 1. The number of methoxy groups -OCH3 is 1. The van der Waals surface area contributed by atoms with Gasteiger partial charge in [-0.2, -0.15) is 0 Å². The lowest BCUT2D eigenvalue weighted by Gasteiger charge is -2.17. The summed E-state index contributed by atoms with van der Waals surface area (Å²) >= 11 is 1.83. The Hall–Kier alpha value is -0.490. The second kappa shape index (κ2) is 7.94. The van der Waals surface area contributed by atoms with Crippen LogP contribution < -0.4 is 5.32 Å². The van der Waals surface area contributed by atoms with Crippen LogP contribution in [0.25, 0.3) is 0 Å². The van der Waals surface area contributed by atoms with Crippen molar-refractivity contribution in [1.82, 2.24) is 15.2 Å². The van der Waals surface area contributed by atoms with Crippen LogP contribution in [-0.4, -0.2) is 37.1 Å². The summed E-state index contributed by atoms with van der Waals surface area (Å²) in [7, 11) is 3.71. The molecule has 19 heavy (non-hydrogen) atoms. The minimum Gasteiger partial charge on any atom is -0.378 e. The number of aromatic nitrogens is 1. The van der Waals surface area contributed by atoms with E-state index in [0.29, 0.717) is 6.61 Å². The van der Waals surface area contributed by atoms with Crippen molar-refractivity contribution in [1.29, 1.82) is 0 Å². The minimum atomic E-state index is 0.619. The molecule has 1 N–H and O–H groups in total. The fraction of sp³-hybridized carbons (Fsp3) is 0.786. The molecular formula is C14H25N3OS. The fourth-order valence-corrected chi connectivity index (χ4v) is 3.66. The second-order valence-corrected chi connectivity index (χ2v) is 6.30. The standard InChI is InChI=1S/C14H25N3OS/c1-15-9-13-12(11-18-2)16-14(19-13)10-17-7-5-3-4-6-8-17/h15H,3-11H2,1-2H3. The lowest BCUT2D eigenvalue weighted by molar-refractivity contribution is 0.180. The van der Waals surface area contributed by atoms with E-state index in [-0.39, 0.29) is 0 Å². The van der Waals surface area contributed by atoms with E-state index >= 15 is 0 Å². The van der Waals surface area contributed by atoms with E-state index < -0.39 is 0 Å². The van der Waals surface area contributed by atoms with Crippen molar-refractivity contribution in [2.75, 3.05) is 27.2 Å². The van der Waals surface area contributed by atoms with Crippen LogP contribution in [0.4, 0.5) is 0 Å². The highest BCUT2D eigenvalue weighted by atomic mass is 32.1. The van der Waals surface area contributed by atoms with E-state index in [2.05, 4.69) is 10.2 Å². The molecular weight excluding hydrogens is 258 g/mol. The molecule has 0 radical (unpaired) electrons. The normalized spacial score (nSPS) is 17.6. The Morgan fingerprint density at radius 1 is 1.26 bits per heavy atom. The number of hydrogen-bond donors (Lipinski definition) is 1. The molecule has 0 saturated carbocycles. The molecule has 108 valence electrons. The van der Waals surface area contributed by atoms with Crippen molar-refractivity contribution in [3.63, 3.8) is 0 Å². The summed E-state index contributed by atoms with van der Waals surface area (Å²) in [6.45, 7) is 4.95. The van der Waals surface area contributed by atoms with Gasteiger partial charge < -0.3 is 10.1 Å². The minimum absolute atomic E-state index is 0.619. The van der Waals surface area contributed by atoms with E-state index in [9.17, 15) is 0 Å². The molecule has 1 aromatic rings. The molecule has 0 aromatic carbocycles. The van der Waals surface area contributed by atoms with E-state index in [4.69, 9.17) is 9.72 Å². The molecule has 5 heteroatoms. The number of hydrogen-bond acceptors (Lipinski definition) is 5. The summed E-state index contributed by atoms with van der Waals surface area (Å²) < 4.78 is 5.24. The average Bonchev–Trinajstić information content (AvgIpc) is 2.62. The zero-order valence-electron chi connectivity index (χ0n) is 12.1. The van der Waals surface area contributed by atoms with Gasteiger partial charge in [-0.15, -0.1) is 11.3 Å². The van der Waals surface area contributed by atoms with Gasteiger partial charge in [0, 0.05) is 18.5 Å². The quantitative estimate of drug-likeness (QED) is 0.870. The van der Waals surface area contributed by atoms with Crippen molar-refractivity contribution in [3.8, 4) is 0 Å². The van der Waals surface area contributed by atoms with E-state index in [1.54, 1.807) is 7.11 Å². The summed E-state index contributed by atoms with van der Waals surface area (Å²) in [5.41, 5.74) is 1.10. The van der Waals surface area contributed by atoms with Crippen molar-refractivity contribution in [2.45, 2.75) is 45.4 Å². The maximum Gasteiger partial charge on any atom is 0.107 e. The van der Waals surface area contributed by atoms with Crippen LogP contribution in [0.5, 0.6) is 0 Å². The van der Waals surface area contributed by atoms with Gasteiger partial charge in [0.15, 0.2) is 0 Å². The highest BCUT2D eigenvalue weighted by Crippen LogP contribution is 2.22. The van der Waals surface area contributed by atoms with Crippen LogP contribution in [0.3, 0.4) is 0 Å². The third-order valence-electron chi connectivity index (χ3n) is 3.50. The fourth-order valence-electron chi connectivity index (χ4n) is 2.54. The molecule has 4 nitrogen and oxygen atoms in total. The first kappa shape index (κ1) is 14.9. The zero-order chi connectivity index (χ0) is 13.5. The smallest absolute Gasteiger partial charge is 0.107 e. The highest BCUT2D eigenvalue weighted by Gasteiger charge is 2.14. The number of thiazole rings is 1. The molecule has 0 spiro atoms. The van der Waals surface area contributed by atoms with Crippen LogP contribution >= 0.6 is 11.3 Å². The van der Waals surface area contributed by atoms with Crippen LogP contribution in [0, 0.1) is 0 Å². The van der Waals surface area contributed by atoms with Crippen molar-refractivity contribution in [3.05, 3.63) is 15.6 Å². The predicted octanol–water partition coefficient (Wildman–Crippen LogP) is 2.38. The number of likely N-dealkylation sites (tertiary alicyclic amines) is 1. The highest BCUT2D eigenvalue weighted by molar-refractivity contribution is 7.11. The van der Waals surface area contributed by atoms with Gasteiger partial charge in [0.1, 0.15) is 5.01 Å². The Kier molecular flexibility index (Phi) is 6.23. The molecule has 0 unspecified atom stereocenters. The molecule has 1 aromatic heterocycles. The average molecular weight is 283 g/mol. The van der Waals surface area contributed by atoms with Crippen LogP contribution in [0.1, 0.15) is 41.3 Å². The third kappa shape index (κ3) is 4.53. The number of rotatable bonds is 6. The van der Waals surface area contributed by atoms with E-state index in [1.807, 2.05) is 18.4 Å². The van der Waals surface area contributed by atoms with E-state index in [0.717, 1.165) is 18.8 Å². The van der Waals surface area contributed by atoms with Crippen LogP contribution in [0.2, 0.25) is 0 Å². The van der Waals surface area contributed by atoms with Gasteiger partial charge in [-0.25, -0.2) is 4.98 Å². The lowest BCUT2D eigenvalue weighted by atomic mass is 10.2. The molecule has 0 amide bonds. The van der Waals surface area contributed by atoms with Crippen LogP contribution in [-0.2, 0) is 24.4 Å². The third-order valence-corrected chi connectivity index (χ3v) is 4.58. The first-order chi connectivity index (χ1) is 9.33. The van der Waals surface area contributed by atoms with Gasteiger partial charge in [0.2, 0.25) is 0 Å². The predicted molar refractivity (Wildman–Crippen MR) is 79.3 cm³/mol. The van der Waals surface area contributed by atoms with Gasteiger partial charge in [-0.1, -0.05) is 12.8 Å². The Labute approximate surface area is 120 Å². The van der Waals surface area contributed by atoms with Gasteiger partial charge in [0.25, 0.3) is 0 Å². The maximum atomic E-state index is 5.24. The summed E-state index contributed by atoms with van der Waals surface area (Å²) in [5, 5.41) is 4.45. The van der Waals surface area contributed by atoms with Gasteiger partial charge >= 0.3 is 0 Å². The van der Waals surface area contributed by atoms with Crippen molar-refractivity contribution < 1.29 is 4.74 Å². The lowest BCUT2D eigenvalue weighted by Crippen LogP contribution is -2.23. The molecule has 1 aliphatic rings. The summed E-state index contributed by atoms with van der Waals surface area (Å²) in [6.07, 6.45) is 5.43. The molecule has 2 heterocycles. The first-order valence-corrected chi connectivity index (χ1v) is 7.98. The summed E-state index contributed by atoms with van der Waals surface area (Å²) in [4.78, 5) is 8.62. The SMILES string of the molecule is CNCc1sc(CN2CCCCCC2)nc1COC. The van der Waals surface area contributed by atoms with Gasteiger partial charge in [-0.05, 0) is 33.0 Å². The van der Waals surface area contributed by atoms with Crippen LogP contribution in [0.15, 0.2) is 0 Å². The topological polar surface area (TPSA) is 37.4 Å². The number of nitrogens with zero attached hydrogens (tertiary/aromatic N) is 2. The number of nitrogens with one attached hydrogen (secondary N) is 1. The molecule has 1 fully saturated rings. The Morgan fingerprint density at radius 3 is 2.63 bits per heavy atom. The molecule has 2 rings (SSSR count). The largest absolute Gasteiger partial charge is 0.378 e. The Balaban J connectivity index is 2.00. The second-order valence-electron chi connectivity index (χ2n) is 5.13. The Bertz CT molecular complexity index is 349. The zero-order valence-corrected chi connectivity index (χ0v) is 12.9. The monoisotopic (exact) mass is 283 g/mol. The van der Waals surface area contributed by atoms with Gasteiger partial charge in [-0.3, -0.25) is 4.90 Å². The molecule has 0 aliphatic carbocycles. The molecule has 0 atom stereocenters. The molecule has 1 aliphatic heterocycles. The molecule has 1 saturated heterocycles. The van der Waals surface area contributed by atoms with E-state index in [1.165, 1.54) is 48.7 Å². The maximum absolute atomic E-state index is 5.24. The first-order valence-electron chi connectivity index (χ1n) is 7.17. The summed E-state index contributed by atoms with van der Waals surface area (Å²) in [6, 6.07) is 0. The summed E-state index contributed by atoms with van der Waals surface area (Å²) in [5.74, 6) is 0. The van der Waals surface area contributed by atoms with Crippen molar-refractivity contribution in [2.24, 2.45) is 0 Å².